The van der Waals surface area contributed by atoms with Crippen molar-refractivity contribution in [2.75, 3.05) is 50.6 Å². The van der Waals surface area contributed by atoms with Crippen LogP contribution in [0.25, 0.3) is 5.65 Å². The van der Waals surface area contributed by atoms with E-state index in [0.717, 1.165) is 43.3 Å². The highest BCUT2D eigenvalue weighted by Crippen LogP contribution is 2.33. The Hall–Kier alpha value is -2.39. The lowest BCUT2D eigenvalue weighted by molar-refractivity contribution is 0.311. The minimum atomic E-state index is 0.631. The van der Waals surface area contributed by atoms with Crippen LogP contribution in [-0.2, 0) is 0 Å². The van der Waals surface area contributed by atoms with Gasteiger partial charge in [-0.05, 0) is 35.1 Å². The van der Waals surface area contributed by atoms with Gasteiger partial charge in [0.2, 0.25) is 0 Å². The van der Waals surface area contributed by atoms with Crippen molar-refractivity contribution >= 4 is 38.8 Å². The summed E-state index contributed by atoms with van der Waals surface area (Å²) < 4.78 is 8.00. The van der Waals surface area contributed by atoms with Crippen LogP contribution in [0.5, 0.6) is 5.75 Å². The molecule has 0 amide bonds. The number of hydrogen-bond donors (Lipinski definition) is 1. The van der Waals surface area contributed by atoms with E-state index in [1.807, 2.05) is 12.1 Å². The van der Waals surface area contributed by atoms with Gasteiger partial charge >= 0.3 is 0 Å². The second-order valence-electron chi connectivity index (χ2n) is 6.24. The Labute approximate surface area is 159 Å². The Morgan fingerprint density at radius 3 is 2.77 bits per heavy atom. The third-order valence-corrected chi connectivity index (χ3v) is 4.90. The molecular weight excluding hydrogens is 398 g/mol. The standard InChI is InChI=1S/C17H20BrN7O/c1-23-5-7-24(8-6-23)13-4-3-12(9-14(13)26-2)21-16-17-19-11-20-25(17)10-15(18)22-16/h3-4,9-11H,5-8H2,1-2H3,(H,21,22). The van der Waals surface area contributed by atoms with E-state index in [-0.39, 0.29) is 0 Å². The van der Waals surface area contributed by atoms with Gasteiger partial charge in [-0.15, -0.1) is 0 Å². The molecule has 1 fully saturated rings. The van der Waals surface area contributed by atoms with Crippen molar-refractivity contribution in [3.8, 4) is 5.75 Å². The lowest BCUT2D eigenvalue weighted by Crippen LogP contribution is -2.44. The number of anilines is 3. The number of nitrogens with one attached hydrogen (secondary N) is 1. The van der Waals surface area contributed by atoms with Crippen molar-refractivity contribution in [3.63, 3.8) is 0 Å². The molecule has 1 saturated heterocycles. The molecule has 1 aromatic carbocycles. The quantitative estimate of drug-likeness (QED) is 0.698. The average molecular weight is 418 g/mol. The number of hydrogen-bond acceptors (Lipinski definition) is 7. The highest BCUT2D eigenvalue weighted by molar-refractivity contribution is 9.10. The molecule has 1 N–H and O–H groups in total. The van der Waals surface area contributed by atoms with Crippen molar-refractivity contribution < 1.29 is 4.74 Å². The molecule has 0 radical (unpaired) electrons. The molecule has 4 rings (SSSR count). The van der Waals surface area contributed by atoms with E-state index in [1.54, 1.807) is 17.8 Å². The summed E-state index contributed by atoms with van der Waals surface area (Å²) in [6.45, 7) is 4.09. The second kappa shape index (κ2) is 7.08. The van der Waals surface area contributed by atoms with Gasteiger partial charge in [-0.2, -0.15) is 5.10 Å². The van der Waals surface area contributed by atoms with Crippen LogP contribution in [0.4, 0.5) is 17.2 Å². The number of methoxy groups -OCH3 is 1. The van der Waals surface area contributed by atoms with Gasteiger partial charge in [0.25, 0.3) is 0 Å². The van der Waals surface area contributed by atoms with Crippen molar-refractivity contribution in [1.82, 2.24) is 24.5 Å². The minimum Gasteiger partial charge on any atom is -0.495 e. The van der Waals surface area contributed by atoms with E-state index >= 15 is 0 Å². The highest BCUT2D eigenvalue weighted by atomic mass is 79.9. The highest BCUT2D eigenvalue weighted by Gasteiger charge is 2.18. The zero-order valence-corrected chi connectivity index (χ0v) is 16.3. The maximum absolute atomic E-state index is 5.64. The van der Waals surface area contributed by atoms with Gasteiger partial charge in [0.1, 0.15) is 16.7 Å². The summed E-state index contributed by atoms with van der Waals surface area (Å²) in [5, 5.41) is 7.47. The molecule has 0 bridgehead atoms. The predicted octanol–water partition coefficient (Wildman–Crippen LogP) is 2.39. The first kappa shape index (κ1) is 17.0. The molecule has 26 heavy (non-hydrogen) atoms. The van der Waals surface area contributed by atoms with Gasteiger partial charge in [0, 0.05) is 37.9 Å². The number of rotatable bonds is 4. The topological polar surface area (TPSA) is 70.8 Å². The third-order valence-electron chi connectivity index (χ3n) is 4.52. The molecule has 0 aliphatic carbocycles. The van der Waals surface area contributed by atoms with Gasteiger partial charge in [-0.25, -0.2) is 14.5 Å². The number of ether oxygens (including phenoxy) is 1. The molecule has 0 saturated carbocycles. The minimum absolute atomic E-state index is 0.631. The van der Waals surface area contributed by atoms with Crippen molar-refractivity contribution in [3.05, 3.63) is 35.3 Å². The first-order chi connectivity index (χ1) is 12.6. The zero-order chi connectivity index (χ0) is 18.1. The Kier molecular flexibility index (Phi) is 4.64. The molecular formula is C17H20BrN7O. The molecule has 1 aliphatic heterocycles. The molecule has 0 unspecified atom stereocenters. The first-order valence-corrected chi connectivity index (χ1v) is 9.18. The van der Waals surface area contributed by atoms with Crippen LogP contribution >= 0.6 is 15.9 Å². The lowest BCUT2D eigenvalue weighted by atomic mass is 10.2. The Morgan fingerprint density at radius 1 is 1.19 bits per heavy atom. The van der Waals surface area contributed by atoms with Gasteiger partial charge in [0.05, 0.1) is 19.0 Å². The maximum Gasteiger partial charge on any atom is 0.198 e. The number of piperazine rings is 1. The molecule has 3 aromatic rings. The summed E-state index contributed by atoms with van der Waals surface area (Å²) in [7, 11) is 3.85. The summed E-state index contributed by atoms with van der Waals surface area (Å²) in [4.78, 5) is 13.4. The van der Waals surface area contributed by atoms with Gasteiger partial charge in [-0.1, -0.05) is 0 Å². The normalized spacial score (nSPS) is 15.4. The van der Waals surface area contributed by atoms with Crippen LogP contribution in [0.2, 0.25) is 0 Å². The third kappa shape index (κ3) is 3.32. The van der Waals surface area contributed by atoms with Gasteiger partial charge in [-0.3, -0.25) is 0 Å². The number of nitrogens with zero attached hydrogens (tertiary/aromatic N) is 6. The smallest absolute Gasteiger partial charge is 0.198 e. The lowest BCUT2D eigenvalue weighted by Gasteiger charge is -2.34. The molecule has 9 heteroatoms. The van der Waals surface area contributed by atoms with E-state index < -0.39 is 0 Å². The predicted molar refractivity (Wildman–Crippen MR) is 104 cm³/mol. The Bertz CT molecular complexity index is 921. The van der Waals surface area contributed by atoms with E-state index in [9.17, 15) is 0 Å². The zero-order valence-electron chi connectivity index (χ0n) is 14.7. The van der Waals surface area contributed by atoms with E-state index in [0.29, 0.717) is 16.1 Å². The van der Waals surface area contributed by atoms with Crippen LogP contribution in [0, 0.1) is 0 Å². The summed E-state index contributed by atoms with van der Waals surface area (Å²) in [6, 6.07) is 6.11. The number of likely N-dealkylation sites (N-methyl/N-ethyl adjacent to an activating group) is 1. The van der Waals surface area contributed by atoms with Crippen LogP contribution in [-0.4, -0.2) is 64.8 Å². The summed E-state index contributed by atoms with van der Waals surface area (Å²) in [5.41, 5.74) is 2.66. The van der Waals surface area contributed by atoms with Crippen LogP contribution in [0.1, 0.15) is 0 Å². The number of halogens is 1. The second-order valence-corrected chi connectivity index (χ2v) is 7.05. The van der Waals surface area contributed by atoms with E-state index in [4.69, 9.17) is 4.74 Å². The van der Waals surface area contributed by atoms with Crippen LogP contribution in [0.15, 0.2) is 35.3 Å². The molecule has 0 spiro atoms. The summed E-state index contributed by atoms with van der Waals surface area (Å²) in [5.74, 6) is 1.47. The molecule has 2 aromatic heterocycles. The molecule has 136 valence electrons. The van der Waals surface area contributed by atoms with Gasteiger partial charge < -0.3 is 19.9 Å². The maximum atomic E-state index is 5.64. The fourth-order valence-electron chi connectivity index (χ4n) is 3.09. The first-order valence-electron chi connectivity index (χ1n) is 8.38. The van der Waals surface area contributed by atoms with Crippen LogP contribution in [0.3, 0.4) is 0 Å². The fraction of sp³-hybridized carbons (Fsp3) is 0.353. The molecule has 0 atom stereocenters. The SMILES string of the molecule is COc1cc(Nc2nc(Br)cn3ncnc23)ccc1N1CCN(C)CC1. The van der Waals surface area contributed by atoms with E-state index in [1.165, 1.54) is 6.33 Å². The molecule has 1 aliphatic rings. The number of benzene rings is 1. The number of fused-ring (bicyclic) bond motifs is 1. The molecule has 3 heterocycles. The Morgan fingerprint density at radius 2 is 2.00 bits per heavy atom. The number of aromatic nitrogens is 4. The Balaban J connectivity index is 1.62. The monoisotopic (exact) mass is 417 g/mol. The molecule has 8 nitrogen and oxygen atoms in total. The largest absolute Gasteiger partial charge is 0.495 e. The summed E-state index contributed by atoms with van der Waals surface area (Å²) >= 11 is 3.40. The summed E-state index contributed by atoms with van der Waals surface area (Å²) in [6.07, 6.45) is 3.27. The van der Waals surface area contributed by atoms with Gasteiger partial charge in [0.15, 0.2) is 11.5 Å². The van der Waals surface area contributed by atoms with Crippen molar-refractivity contribution in [2.24, 2.45) is 0 Å². The van der Waals surface area contributed by atoms with Crippen molar-refractivity contribution in [1.29, 1.82) is 0 Å². The average Bonchev–Trinajstić information content (AvgIpc) is 3.11. The van der Waals surface area contributed by atoms with E-state index in [2.05, 4.69) is 59.2 Å². The van der Waals surface area contributed by atoms with Crippen LogP contribution < -0.4 is 15.0 Å². The fourth-order valence-corrected chi connectivity index (χ4v) is 3.46. The van der Waals surface area contributed by atoms with Crippen molar-refractivity contribution in [2.45, 2.75) is 0 Å².